The Bertz CT molecular complexity index is 631. The van der Waals surface area contributed by atoms with Crippen molar-refractivity contribution in [3.8, 4) is 0 Å². The van der Waals surface area contributed by atoms with Crippen LogP contribution in [0.15, 0.2) is 12.1 Å². The minimum absolute atomic E-state index is 0.110. The van der Waals surface area contributed by atoms with Crippen LogP contribution in [-0.4, -0.2) is 49.3 Å². The zero-order chi connectivity index (χ0) is 18.8. The Morgan fingerprint density at radius 2 is 2.04 bits per heavy atom. The van der Waals surface area contributed by atoms with E-state index < -0.39 is 23.3 Å². The van der Waals surface area contributed by atoms with Crippen molar-refractivity contribution in [2.75, 3.05) is 31.6 Å². The van der Waals surface area contributed by atoms with Crippen molar-refractivity contribution in [2.45, 2.75) is 45.3 Å². The molecule has 1 aliphatic heterocycles. The first-order valence-electron chi connectivity index (χ1n) is 8.51. The van der Waals surface area contributed by atoms with Crippen LogP contribution in [0.5, 0.6) is 0 Å². The van der Waals surface area contributed by atoms with Gasteiger partial charge in [0.15, 0.2) is 0 Å². The third kappa shape index (κ3) is 4.81. The smallest absolute Gasteiger partial charge is 0.410 e. The number of carbonyl (C=O) groups is 1. The van der Waals surface area contributed by atoms with Gasteiger partial charge in [0.05, 0.1) is 11.7 Å². The molecule has 0 bridgehead atoms. The third-order valence-corrected chi connectivity index (χ3v) is 4.26. The highest BCUT2D eigenvalue weighted by atomic mass is 19.1. The number of nitrogens with two attached hydrogens (primary N) is 1. The van der Waals surface area contributed by atoms with Crippen LogP contribution in [0.3, 0.4) is 0 Å². The quantitative estimate of drug-likeness (QED) is 0.902. The minimum atomic E-state index is -0.572. The lowest BCUT2D eigenvalue weighted by Gasteiger charge is -2.29. The summed E-state index contributed by atoms with van der Waals surface area (Å²) in [4.78, 5) is 15.5. The van der Waals surface area contributed by atoms with Crippen molar-refractivity contribution in [2.24, 2.45) is 5.73 Å². The van der Waals surface area contributed by atoms with E-state index in [2.05, 4.69) is 0 Å². The van der Waals surface area contributed by atoms with Crippen LogP contribution >= 0.6 is 0 Å². The Hall–Kier alpha value is -1.89. The molecule has 140 valence electrons. The van der Waals surface area contributed by atoms with Crippen LogP contribution in [0, 0.1) is 11.6 Å². The van der Waals surface area contributed by atoms with E-state index in [-0.39, 0.29) is 23.8 Å². The lowest BCUT2D eigenvalue weighted by molar-refractivity contribution is 0.0238. The number of rotatable bonds is 4. The van der Waals surface area contributed by atoms with E-state index in [1.54, 1.807) is 32.7 Å². The van der Waals surface area contributed by atoms with Gasteiger partial charge in [0, 0.05) is 26.2 Å². The molecule has 1 fully saturated rings. The van der Waals surface area contributed by atoms with Crippen molar-refractivity contribution in [1.82, 2.24) is 4.90 Å². The van der Waals surface area contributed by atoms with Crippen LogP contribution in [0.1, 0.15) is 32.8 Å². The Kier molecular flexibility index (Phi) is 5.87. The number of benzene rings is 1. The predicted molar refractivity (Wildman–Crippen MR) is 93.7 cm³/mol. The summed E-state index contributed by atoms with van der Waals surface area (Å²) < 4.78 is 33.8. The van der Waals surface area contributed by atoms with E-state index in [9.17, 15) is 13.6 Å². The van der Waals surface area contributed by atoms with Crippen LogP contribution in [0.25, 0.3) is 0 Å². The monoisotopic (exact) mass is 355 g/mol. The molecule has 1 atom stereocenters. The number of carbonyl (C=O) groups excluding carboxylic acids is 1. The first-order valence-corrected chi connectivity index (χ1v) is 8.51. The molecule has 0 aliphatic carbocycles. The van der Waals surface area contributed by atoms with Gasteiger partial charge in [-0.3, -0.25) is 0 Å². The zero-order valence-corrected chi connectivity index (χ0v) is 15.3. The van der Waals surface area contributed by atoms with Crippen LogP contribution in [-0.2, 0) is 11.2 Å². The maximum absolute atomic E-state index is 14.4. The molecular weight excluding hydrogens is 328 g/mol. The summed E-state index contributed by atoms with van der Waals surface area (Å²) in [7, 11) is 1.67. The molecule has 2 rings (SSSR count). The topological polar surface area (TPSA) is 58.8 Å². The lowest BCUT2D eigenvalue weighted by atomic mass is 10.1. The molecule has 1 amide bonds. The van der Waals surface area contributed by atoms with Gasteiger partial charge in [0.2, 0.25) is 0 Å². The second kappa shape index (κ2) is 7.56. The number of likely N-dealkylation sites (N-methyl/N-ethyl adjacent to an activating group) is 1. The SMILES string of the molecule is CN(C(=O)OC(C)(C)C)[C@@H]1CCN(c2cc(F)c(CCN)cc2F)C1. The maximum atomic E-state index is 14.4. The highest BCUT2D eigenvalue weighted by Gasteiger charge is 2.32. The summed E-state index contributed by atoms with van der Waals surface area (Å²) >= 11 is 0. The third-order valence-electron chi connectivity index (χ3n) is 4.26. The van der Waals surface area contributed by atoms with E-state index in [4.69, 9.17) is 10.5 Å². The van der Waals surface area contributed by atoms with E-state index in [0.717, 1.165) is 0 Å². The molecule has 2 N–H and O–H groups in total. The van der Waals surface area contributed by atoms with Crippen LogP contribution < -0.4 is 10.6 Å². The Labute approximate surface area is 147 Å². The van der Waals surface area contributed by atoms with Gasteiger partial charge in [-0.2, -0.15) is 0 Å². The van der Waals surface area contributed by atoms with E-state index in [0.29, 0.717) is 25.9 Å². The zero-order valence-electron chi connectivity index (χ0n) is 15.3. The summed E-state index contributed by atoms with van der Waals surface area (Å²) in [5.41, 5.74) is 5.35. The molecule has 0 unspecified atom stereocenters. The molecule has 5 nitrogen and oxygen atoms in total. The first-order chi connectivity index (χ1) is 11.6. The van der Waals surface area contributed by atoms with E-state index in [1.807, 2.05) is 0 Å². The predicted octanol–water partition coefficient (Wildman–Crippen LogP) is 2.91. The normalized spacial score (nSPS) is 17.7. The molecule has 0 aromatic heterocycles. The average molecular weight is 355 g/mol. The van der Waals surface area contributed by atoms with Gasteiger partial charge in [-0.25, -0.2) is 13.6 Å². The van der Waals surface area contributed by atoms with Gasteiger partial charge in [0.1, 0.15) is 17.2 Å². The standard InChI is InChI=1S/C18H27F2N3O2/c1-18(2,3)25-17(24)22(4)13-6-8-23(11-13)16-10-14(19)12(5-7-21)9-15(16)20/h9-10,13H,5-8,11,21H2,1-4H3/t13-/m1/s1. The first kappa shape index (κ1) is 19.4. The molecular formula is C18H27F2N3O2. The number of hydrogen-bond donors (Lipinski definition) is 1. The average Bonchev–Trinajstić information content (AvgIpc) is 2.98. The second-order valence-corrected chi connectivity index (χ2v) is 7.41. The summed E-state index contributed by atoms with van der Waals surface area (Å²) in [6.07, 6.45) is 0.554. The molecule has 0 saturated carbocycles. The van der Waals surface area contributed by atoms with E-state index >= 15 is 0 Å². The fourth-order valence-electron chi connectivity index (χ4n) is 2.93. The van der Waals surface area contributed by atoms with Crippen molar-refractivity contribution in [1.29, 1.82) is 0 Å². The summed E-state index contributed by atoms with van der Waals surface area (Å²) in [5.74, 6) is -0.920. The molecule has 1 heterocycles. The van der Waals surface area contributed by atoms with Crippen LogP contribution in [0.4, 0.5) is 19.3 Å². The highest BCUT2D eigenvalue weighted by molar-refractivity contribution is 5.68. The van der Waals surface area contributed by atoms with Gasteiger partial charge in [0.25, 0.3) is 0 Å². The van der Waals surface area contributed by atoms with Gasteiger partial charge < -0.3 is 20.3 Å². The van der Waals surface area contributed by atoms with E-state index in [1.165, 1.54) is 17.0 Å². The molecule has 1 aliphatic rings. The van der Waals surface area contributed by atoms with Crippen LogP contribution in [0.2, 0.25) is 0 Å². The molecule has 7 heteroatoms. The lowest BCUT2D eigenvalue weighted by Crippen LogP contribution is -2.42. The number of hydrogen-bond acceptors (Lipinski definition) is 4. The summed E-state index contributed by atoms with van der Waals surface area (Å²) in [5, 5.41) is 0. The molecule has 1 aromatic carbocycles. The van der Waals surface area contributed by atoms with Crippen molar-refractivity contribution in [3.05, 3.63) is 29.3 Å². The van der Waals surface area contributed by atoms with Gasteiger partial charge in [-0.05, 0) is 51.8 Å². The maximum Gasteiger partial charge on any atom is 0.410 e. The Balaban J connectivity index is 2.07. The molecule has 1 saturated heterocycles. The molecule has 1 aromatic rings. The largest absolute Gasteiger partial charge is 0.444 e. The number of nitrogens with zero attached hydrogens (tertiary/aromatic N) is 2. The summed E-state index contributed by atoms with van der Waals surface area (Å²) in [6.45, 7) is 6.66. The van der Waals surface area contributed by atoms with Gasteiger partial charge >= 0.3 is 6.09 Å². The number of ether oxygens (including phenoxy) is 1. The number of anilines is 1. The molecule has 0 radical (unpaired) electrons. The van der Waals surface area contributed by atoms with Gasteiger partial charge in [-0.1, -0.05) is 0 Å². The molecule has 25 heavy (non-hydrogen) atoms. The fraction of sp³-hybridized carbons (Fsp3) is 0.611. The Morgan fingerprint density at radius 3 is 2.64 bits per heavy atom. The summed E-state index contributed by atoms with van der Waals surface area (Å²) in [6, 6.07) is 2.32. The number of halogens is 2. The van der Waals surface area contributed by atoms with Crippen molar-refractivity contribution < 1.29 is 18.3 Å². The second-order valence-electron chi connectivity index (χ2n) is 7.41. The van der Waals surface area contributed by atoms with Crippen molar-refractivity contribution >= 4 is 11.8 Å². The molecule has 0 spiro atoms. The van der Waals surface area contributed by atoms with Gasteiger partial charge in [-0.15, -0.1) is 0 Å². The number of amides is 1. The highest BCUT2D eigenvalue weighted by Crippen LogP contribution is 2.28. The Morgan fingerprint density at radius 1 is 1.36 bits per heavy atom. The fourth-order valence-corrected chi connectivity index (χ4v) is 2.93. The minimum Gasteiger partial charge on any atom is -0.444 e. The van der Waals surface area contributed by atoms with Crippen molar-refractivity contribution in [3.63, 3.8) is 0 Å².